The van der Waals surface area contributed by atoms with Crippen LogP contribution in [0.3, 0.4) is 0 Å². The first-order chi connectivity index (χ1) is 27.4. The second-order valence-electron chi connectivity index (χ2n) is 13.5. The molecular formula is C41H44N6O9S. The van der Waals surface area contributed by atoms with Crippen molar-refractivity contribution in [2.24, 2.45) is 0 Å². The number of carboxylic acids is 1. The fourth-order valence-electron chi connectivity index (χ4n) is 6.11. The number of aliphatic hydroxyl groups excluding tert-OH is 1. The van der Waals surface area contributed by atoms with Crippen molar-refractivity contribution in [2.45, 2.75) is 68.8 Å². The molecule has 3 aromatic carbocycles. The largest absolute Gasteiger partial charge is 0.480 e. The highest BCUT2D eigenvalue weighted by molar-refractivity contribution is 7.09. The van der Waals surface area contributed by atoms with E-state index in [1.165, 1.54) is 23.5 Å². The number of nitrogens with one attached hydrogen (secondary N) is 6. The van der Waals surface area contributed by atoms with Crippen molar-refractivity contribution in [2.75, 3.05) is 11.9 Å². The molecule has 0 unspecified atom stereocenters. The number of carboxylic acid groups (broad SMARTS) is 1. The molecule has 57 heavy (non-hydrogen) atoms. The minimum Gasteiger partial charge on any atom is -0.480 e. The molecular weight excluding hydrogens is 753 g/mol. The normalized spacial score (nSPS) is 20.4. The summed E-state index contributed by atoms with van der Waals surface area (Å²) < 4.78 is 0. The molecule has 0 saturated heterocycles. The lowest BCUT2D eigenvalue weighted by Crippen LogP contribution is -2.57. The summed E-state index contributed by atoms with van der Waals surface area (Å²) >= 11 is 1.34. The van der Waals surface area contributed by atoms with E-state index in [1.807, 2.05) is 30.3 Å². The lowest BCUT2D eigenvalue weighted by atomic mass is 10.0. The van der Waals surface area contributed by atoms with Crippen LogP contribution in [0.25, 0.3) is 0 Å². The van der Waals surface area contributed by atoms with Gasteiger partial charge in [0.15, 0.2) is 0 Å². The fourth-order valence-corrected chi connectivity index (χ4v) is 6.86. The molecule has 6 rings (SSSR count). The lowest BCUT2D eigenvalue weighted by molar-refractivity contribution is -0.142. The van der Waals surface area contributed by atoms with Gasteiger partial charge in [-0.05, 0) is 53.1 Å². The van der Waals surface area contributed by atoms with Crippen LogP contribution >= 0.6 is 11.3 Å². The number of anilines is 1. The third-order valence-electron chi connectivity index (χ3n) is 9.15. The molecule has 3 heterocycles. The topological polar surface area (TPSA) is 232 Å². The van der Waals surface area contributed by atoms with Gasteiger partial charge in [-0.15, -0.1) is 11.3 Å². The molecule has 16 heteroatoms. The van der Waals surface area contributed by atoms with Crippen LogP contribution in [0.5, 0.6) is 0 Å². The number of carbonyl (C=O) groups is 7. The Morgan fingerprint density at radius 1 is 0.737 bits per heavy atom. The average Bonchev–Trinajstić information content (AvgIpc) is 3.72. The number of rotatable bonds is 10. The summed E-state index contributed by atoms with van der Waals surface area (Å²) in [6.07, 6.45) is -2.06. The molecule has 2 aliphatic heterocycles. The Kier molecular flexibility index (Phi) is 15.0. The summed E-state index contributed by atoms with van der Waals surface area (Å²) in [7, 11) is 0. The van der Waals surface area contributed by atoms with E-state index in [-0.39, 0.29) is 31.4 Å². The number of hydrogen-bond donors (Lipinski definition) is 8. The van der Waals surface area contributed by atoms with Gasteiger partial charge in [0.05, 0.1) is 13.0 Å². The molecule has 0 aliphatic carbocycles. The Morgan fingerprint density at radius 3 is 2.05 bits per heavy atom. The van der Waals surface area contributed by atoms with Crippen molar-refractivity contribution in [1.29, 1.82) is 0 Å². The molecule has 298 valence electrons. The summed E-state index contributed by atoms with van der Waals surface area (Å²) in [6.45, 7) is -0.578. The van der Waals surface area contributed by atoms with Gasteiger partial charge in [0.2, 0.25) is 29.5 Å². The number of aliphatic hydroxyl groups is 1. The summed E-state index contributed by atoms with van der Waals surface area (Å²) in [6, 6.07) is 22.6. The van der Waals surface area contributed by atoms with E-state index < -0.39 is 84.6 Å². The van der Waals surface area contributed by atoms with E-state index >= 15 is 0 Å². The molecule has 6 amide bonds. The standard InChI is InChI=1S/C41H44N6O9S/c48-34-23-35(49)45-32(22-29-12-7-19-57-29)37(51)42-24-36(50)44-30(18-15-25-8-3-1-4-9-25)38(52)46-31(20-27-13-16-28(17-14-27)43-40(34)54)39(53)47-33(41(55)56)21-26-10-5-2-6-11-26/h1-14,16-17,19,30-34,48H,15,18,20-24H2,(H,42,51)(H,43,54)(H,44,50)(H,45,49)(H,46,52)(H,47,53)(H,55,56)/t30-,31+,32-,33+,34-/m1/s1. The molecule has 0 radical (unpaired) electrons. The fraction of sp³-hybridized carbons (Fsp3) is 0.293. The van der Waals surface area contributed by atoms with E-state index in [9.17, 15) is 43.8 Å². The predicted octanol–water partition coefficient (Wildman–Crippen LogP) is 1.25. The smallest absolute Gasteiger partial charge is 0.326 e. The second-order valence-corrected chi connectivity index (χ2v) is 14.6. The van der Waals surface area contributed by atoms with Gasteiger partial charge in [-0.3, -0.25) is 28.8 Å². The second kappa shape index (κ2) is 20.5. The number of thiophene rings is 1. The van der Waals surface area contributed by atoms with E-state index in [2.05, 4.69) is 31.9 Å². The third-order valence-corrected chi connectivity index (χ3v) is 10.0. The van der Waals surface area contributed by atoms with Crippen LogP contribution in [0, 0.1) is 0 Å². The molecule has 1 aromatic heterocycles. The molecule has 5 atom stereocenters. The molecule has 0 fully saturated rings. The molecule has 2 bridgehead atoms. The van der Waals surface area contributed by atoms with Crippen LogP contribution in [0.15, 0.2) is 102 Å². The minimum absolute atomic E-state index is 0.0282. The zero-order valence-electron chi connectivity index (χ0n) is 30.8. The number of aryl methyl sites for hydroxylation is 1. The van der Waals surface area contributed by atoms with Crippen LogP contribution in [0.1, 0.15) is 34.4 Å². The maximum absolute atomic E-state index is 14.0. The molecule has 8 N–H and O–H groups in total. The molecule has 4 aromatic rings. The van der Waals surface area contributed by atoms with E-state index in [0.717, 1.165) is 10.4 Å². The zero-order valence-corrected chi connectivity index (χ0v) is 31.6. The van der Waals surface area contributed by atoms with Gasteiger partial charge in [-0.25, -0.2) is 4.79 Å². The van der Waals surface area contributed by atoms with Gasteiger partial charge in [0.1, 0.15) is 30.3 Å². The van der Waals surface area contributed by atoms with Crippen molar-refractivity contribution in [3.8, 4) is 0 Å². The zero-order chi connectivity index (χ0) is 40.7. The van der Waals surface area contributed by atoms with Crippen LogP contribution < -0.4 is 31.9 Å². The highest BCUT2D eigenvalue weighted by Crippen LogP contribution is 2.15. The number of hydrogen-bond acceptors (Lipinski definition) is 9. The van der Waals surface area contributed by atoms with Crippen molar-refractivity contribution in [3.63, 3.8) is 0 Å². The van der Waals surface area contributed by atoms with E-state index in [1.54, 1.807) is 60.0 Å². The lowest BCUT2D eigenvalue weighted by Gasteiger charge is -2.25. The van der Waals surface area contributed by atoms with Crippen molar-refractivity contribution >= 4 is 58.4 Å². The average molecular weight is 797 g/mol. The maximum atomic E-state index is 14.0. The number of amides is 6. The first-order valence-electron chi connectivity index (χ1n) is 18.3. The number of aliphatic carboxylic acids is 1. The van der Waals surface area contributed by atoms with Crippen LogP contribution in [0.4, 0.5) is 5.69 Å². The van der Waals surface area contributed by atoms with Gasteiger partial charge in [-0.1, -0.05) is 78.9 Å². The quantitative estimate of drug-likeness (QED) is 0.108. The van der Waals surface area contributed by atoms with Gasteiger partial charge >= 0.3 is 5.97 Å². The van der Waals surface area contributed by atoms with Gasteiger partial charge in [0, 0.05) is 29.8 Å². The van der Waals surface area contributed by atoms with Crippen LogP contribution in [-0.4, -0.2) is 88.4 Å². The van der Waals surface area contributed by atoms with Crippen molar-refractivity contribution in [1.82, 2.24) is 26.6 Å². The summed E-state index contributed by atoms with van der Waals surface area (Å²) in [5.41, 5.74) is 2.31. The number of benzene rings is 3. The number of fused-ring (bicyclic) bond motifs is 18. The summed E-state index contributed by atoms with van der Waals surface area (Å²) in [4.78, 5) is 93.5. The molecule has 0 saturated carbocycles. The number of carbonyl (C=O) groups excluding carboxylic acids is 6. The highest BCUT2D eigenvalue weighted by Gasteiger charge is 2.31. The van der Waals surface area contributed by atoms with Crippen molar-refractivity contribution in [3.05, 3.63) is 124 Å². The Morgan fingerprint density at radius 2 is 1.40 bits per heavy atom. The summed E-state index contributed by atoms with van der Waals surface area (Å²) in [5, 5.41) is 37.9. The van der Waals surface area contributed by atoms with Gasteiger partial charge < -0.3 is 42.1 Å². The molecule has 15 nitrogen and oxygen atoms in total. The third kappa shape index (κ3) is 13.1. The first-order valence-corrected chi connectivity index (χ1v) is 19.2. The van der Waals surface area contributed by atoms with Crippen LogP contribution in [0.2, 0.25) is 0 Å². The van der Waals surface area contributed by atoms with E-state index in [0.29, 0.717) is 17.5 Å². The Bertz CT molecular complexity index is 2010. The van der Waals surface area contributed by atoms with Gasteiger partial charge in [0.25, 0.3) is 5.91 Å². The van der Waals surface area contributed by atoms with Gasteiger partial charge in [-0.2, -0.15) is 0 Å². The minimum atomic E-state index is -1.77. The predicted molar refractivity (Wildman–Crippen MR) is 211 cm³/mol. The SMILES string of the molecule is O=C1C[C@@H](O)C(=O)Nc2ccc(cc2)C[C@@H](C(=O)N[C@@H](Cc2ccccc2)C(=O)O)NC(=O)[C@@H](CCc2ccccc2)NC(=O)CNC(=O)[C@@H](Cc2cccs2)N1. The monoisotopic (exact) mass is 796 g/mol. The summed E-state index contributed by atoms with van der Waals surface area (Å²) in [5.74, 6) is -5.93. The highest BCUT2D eigenvalue weighted by atomic mass is 32.1. The molecule has 0 spiro atoms. The van der Waals surface area contributed by atoms with E-state index in [4.69, 9.17) is 0 Å². The first kappa shape index (κ1) is 41.8. The Balaban J connectivity index is 1.43. The Hall–Kier alpha value is -6.39. The van der Waals surface area contributed by atoms with Crippen molar-refractivity contribution < 1.29 is 43.8 Å². The maximum Gasteiger partial charge on any atom is 0.326 e. The Labute approximate surface area is 332 Å². The molecule has 2 aliphatic rings. The van der Waals surface area contributed by atoms with Crippen LogP contribution in [-0.2, 0) is 59.2 Å².